The summed E-state index contributed by atoms with van der Waals surface area (Å²) in [7, 11) is 0. The summed E-state index contributed by atoms with van der Waals surface area (Å²) in [5.41, 5.74) is 0.322. The maximum absolute atomic E-state index is 5.12. The average Bonchev–Trinajstić information content (AvgIpc) is 2.00. The van der Waals surface area contributed by atoms with Crippen molar-refractivity contribution in [1.29, 1.82) is 0 Å². The van der Waals surface area contributed by atoms with Gasteiger partial charge in [-0.05, 0) is 37.9 Å². The van der Waals surface area contributed by atoms with Crippen LogP contribution in [0.2, 0.25) is 0 Å². The molecule has 0 aromatic rings. The van der Waals surface area contributed by atoms with Gasteiger partial charge in [-0.25, -0.2) is 0 Å². The van der Waals surface area contributed by atoms with Gasteiger partial charge in [0.2, 0.25) is 0 Å². The van der Waals surface area contributed by atoms with Crippen LogP contribution < -0.4 is 10.6 Å². The Labute approximate surface area is 87.5 Å². The van der Waals surface area contributed by atoms with Gasteiger partial charge in [0.05, 0.1) is 0 Å². The van der Waals surface area contributed by atoms with E-state index in [0.29, 0.717) is 11.5 Å². The van der Waals surface area contributed by atoms with E-state index in [0.717, 1.165) is 18.1 Å². The molecule has 0 amide bonds. The first kappa shape index (κ1) is 12.7. The summed E-state index contributed by atoms with van der Waals surface area (Å²) in [4.78, 5) is 0. The number of thiocarbonyl (C=S) groups is 1. The third-order valence-corrected chi connectivity index (χ3v) is 2.37. The highest BCUT2D eigenvalue weighted by atomic mass is 32.1. The average molecular weight is 202 g/mol. The summed E-state index contributed by atoms with van der Waals surface area (Å²) in [5, 5.41) is 7.15. The zero-order valence-electron chi connectivity index (χ0n) is 9.40. The van der Waals surface area contributed by atoms with Crippen molar-refractivity contribution in [2.24, 2.45) is 5.41 Å². The fraction of sp³-hybridized carbons (Fsp3) is 0.900. The van der Waals surface area contributed by atoms with Crippen LogP contribution in [0.4, 0.5) is 0 Å². The van der Waals surface area contributed by atoms with Crippen LogP contribution >= 0.6 is 12.2 Å². The lowest BCUT2D eigenvalue weighted by Gasteiger charge is -2.24. The van der Waals surface area contributed by atoms with Crippen molar-refractivity contribution < 1.29 is 0 Å². The Morgan fingerprint density at radius 3 is 2.31 bits per heavy atom. The third-order valence-electron chi connectivity index (χ3n) is 2.10. The molecule has 0 fully saturated rings. The Morgan fingerprint density at radius 2 is 1.92 bits per heavy atom. The highest BCUT2D eigenvalue weighted by Crippen LogP contribution is 2.17. The van der Waals surface area contributed by atoms with Crippen LogP contribution in [-0.4, -0.2) is 17.7 Å². The topological polar surface area (TPSA) is 24.1 Å². The zero-order valence-corrected chi connectivity index (χ0v) is 10.2. The van der Waals surface area contributed by atoms with E-state index in [2.05, 4.69) is 45.3 Å². The number of nitrogens with one attached hydrogen (secondary N) is 2. The maximum atomic E-state index is 5.12. The molecule has 0 atom stereocenters. The molecule has 0 spiro atoms. The Balaban J connectivity index is 3.70. The van der Waals surface area contributed by atoms with Crippen LogP contribution in [-0.2, 0) is 0 Å². The second kappa shape index (κ2) is 5.43. The molecule has 0 aliphatic heterocycles. The Hall–Kier alpha value is -0.310. The van der Waals surface area contributed by atoms with Crippen LogP contribution in [0, 0.1) is 5.41 Å². The van der Waals surface area contributed by atoms with Gasteiger partial charge in [-0.2, -0.15) is 0 Å². The summed E-state index contributed by atoms with van der Waals surface area (Å²) in [6.07, 6.45) is 1.16. The number of hydrogen-bond acceptors (Lipinski definition) is 1. The predicted molar refractivity (Wildman–Crippen MR) is 62.9 cm³/mol. The molecule has 0 aromatic heterocycles. The van der Waals surface area contributed by atoms with Gasteiger partial charge >= 0.3 is 0 Å². The van der Waals surface area contributed by atoms with Crippen molar-refractivity contribution in [2.45, 2.75) is 47.1 Å². The fourth-order valence-electron chi connectivity index (χ4n) is 0.758. The molecule has 0 radical (unpaired) electrons. The summed E-state index contributed by atoms with van der Waals surface area (Å²) < 4.78 is 0. The van der Waals surface area contributed by atoms with Crippen LogP contribution in [0.25, 0.3) is 0 Å². The molecule has 0 heterocycles. The molecular weight excluding hydrogens is 180 g/mol. The molecule has 0 saturated heterocycles. The molecule has 78 valence electrons. The minimum atomic E-state index is 0.322. The molecule has 0 aliphatic carbocycles. The van der Waals surface area contributed by atoms with Crippen molar-refractivity contribution in [3.8, 4) is 0 Å². The van der Waals surface area contributed by atoms with Gasteiger partial charge in [-0.3, -0.25) is 0 Å². The fourth-order valence-corrected chi connectivity index (χ4v) is 1.07. The lowest BCUT2D eigenvalue weighted by Crippen LogP contribution is -2.42. The second-order valence-electron chi connectivity index (χ2n) is 4.50. The Morgan fingerprint density at radius 1 is 1.38 bits per heavy atom. The van der Waals surface area contributed by atoms with E-state index in [9.17, 15) is 0 Å². The van der Waals surface area contributed by atoms with E-state index in [1.165, 1.54) is 0 Å². The molecule has 2 N–H and O–H groups in total. The van der Waals surface area contributed by atoms with E-state index in [1.807, 2.05) is 0 Å². The van der Waals surface area contributed by atoms with Crippen LogP contribution in [0.15, 0.2) is 0 Å². The monoisotopic (exact) mass is 202 g/mol. The Bertz CT molecular complexity index is 164. The van der Waals surface area contributed by atoms with E-state index < -0.39 is 0 Å². The van der Waals surface area contributed by atoms with Gasteiger partial charge in [0.1, 0.15) is 0 Å². The van der Waals surface area contributed by atoms with E-state index in [4.69, 9.17) is 12.2 Å². The molecular formula is C10H22N2S. The lowest BCUT2D eigenvalue weighted by molar-refractivity contribution is 0.348. The largest absolute Gasteiger partial charge is 0.362 e. The minimum absolute atomic E-state index is 0.322. The van der Waals surface area contributed by atoms with Gasteiger partial charge < -0.3 is 10.6 Å². The quantitative estimate of drug-likeness (QED) is 0.684. The van der Waals surface area contributed by atoms with E-state index in [-0.39, 0.29) is 0 Å². The summed E-state index contributed by atoms with van der Waals surface area (Å²) >= 11 is 5.12. The zero-order chi connectivity index (χ0) is 10.5. The van der Waals surface area contributed by atoms with E-state index >= 15 is 0 Å². The normalized spacial score (nSPS) is 11.5. The molecule has 13 heavy (non-hydrogen) atoms. The van der Waals surface area contributed by atoms with Crippen LogP contribution in [0.3, 0.4) is 0 Å². The first-order chi connectivity index (χ1) is 5.87. The molecule has 0 saturated carbocycles. The van der Waals surface area contributed by atoms with Crippen LogP contribution in [0.1, 0.15) is 41.0 Å². The maximum Gasteiger partial charge on any atom is 0.166 e. The highest BCUT2D eigenvalue weighted by Gasteiger charge is 2.14. The van der Waals surface area contributed by atoms with Crippen molar-refractivity contribution in [1.82, 2.24) is 10.6 Å². The summed E-state index contributed by atoms with van der Waals surface area (Å²) in [5.74, 6) is 0. The molecule has 0 bridgehead atoms. The first-order valence-corrected chi connectivity index (χ1v) is 5.32. The van der Waals surface area contributed by atoms with Crippen molar-refractivity contribution in [3.63, 3.8) is 0 Å². The number of rotatable bonds is 4. The molecule has 3 heteroatoms. The Kier molecular flexibility index (Phi) is 5.30. The first-order valence-electron chi connectivity index (χ1n) is 4.92. The van der Waals surface area contributed by atoms with Gasteiger partial charge in [0, 0.05) is 12.6 Å². The lowest BCUT2D eigenvalue weighted by atomic mass is 9.90. The summed E-state index contributed by atoms with van der Waals surface area (Å²) in [6, 6.07) is 0.407. The van der Waals surface area contributed by atoms with Crippen molar-refractivity contribution in [2.75, 3.05) is 6.54 Å². The molecule has 0 aromatic carbocycles. The summed E-state index contributed by atoms with van der Waals surface area (Å²) in [6.45, 7) is 11.8. The van der Waals surface area contributed by atoms with Crippen LogP contribution in [0.5, 0.6) is 0 Å². The molecule has 0 unspecified atom stereocenters. The molecule has 2 nitrogen and oxygen atoms in total. The van der Waals surface area contributed by atoms with Crippen molar-refractivity contribution >= 4 is 17.3 Å². The smallest absolute Gasteiger partial charge is 0.166 e. The molecule has 0 rings (SSSR count). The van der Waals surface area contributed by atoms with E-state index in [1.54, 1.807) is 0 Å². The van der Waals surface area contributed by atoms with Gasteiger partial charge in [0.25, 0.3) is 0 Å². The third kappa shape index (κ3) is 6.82. The minimum Gasteiger partial charge on any atom is -0.362 e. The second-order valence-corrected chi connectivity index (χ2v) is 4.91. The predicted octanol–water partition coefficient (Wildman–Crippen LogP) is 2.30. The SMILES string of the molecule is CCC(C)(C)CNC(=S)NC(C)C. The van der Waals surface area contributed by atoms with Gasteiger partial charge in [-0.15, -0.1) is 0 Å². The molecule has 0 aliphatic rings. The standard InChI is InChI=1S/C10H22N2S/c1-6-10(4,5)7-11-9(13)12-8(2)3/h8H,6-7H2,1-5H3,(H2,11,12,13). The highest BCUT2D eigenvalue weighted by molar-refractivity contribution is 7.80. The van der Waals surface area contributed by atoms with Gasteiger partial charge in [0.15, 0.2) is 5.11 Å². The van der Waals surface area contributed by atoms with Crippen molar-refractivity contribution in [3.05, 3.63) is 0 Å². The van der Waals surface area contributed by atoms with Gasteiger partial charge in [-0.1, -0.05) is 20.8 Å². The number of hydrogen-bond donors (Lipinski definition) is 2.